The lowest BCUT2D eigenvalue weighted by molar-refractivity contribution is -0.139. The van der Waals surface area contributed by atoms with Gasteiger partial charge in [-0.3, -0.25) is 9.59 Å². The normalized spacial score (nSPS) is 17.8. The lowest BCUT2D eigenvalue weighted by atomic mass is 9.85. The number of rotatable bonds is 6. The van der Waals surface area contributed by atoms with Crippen molar-refractivity contribution in [2.75, 3.05) is 26.8 Å². The molecule has 0 aromatic rings. The second kappa shape index (κ2) is 8.87. The zero-order chi connectivity index (χ0) is 14.1. The Kier molecular flexibility index (Phi) is 7.43. The van der Waals surface area contributed by atoms with Crippen LogP contribution in [0.15, 0.2) is 0 Å². The van der Waals surface area contributed by atoms with Crippen molar-refractivity contribution in [3.05, 3.63) is 0 Å². The zero-order valence-corrected chi connectivity index (χ0v) is 11.5. The zero-order valence-electron chi connectivity index (χ0n) is 11.5. The number of amides is 2. The van der Waals surface area contributed by atoms with Gasteiger partial charge >= 0.3 is 11.8 Å². The third kappa shape index (κ3) is 6.02. The molecule has 1 saturated carbocycles. The van der Waals surface area contributed by atoms with Gasteiger partial charge in [0.1, 0.15) is 0 Å². The number of aliphatic hydroxyl groups excluding tert-OH is 1. The molecule has 19 heavy (non-hydrogen) atoms. The molecule has 1 atom stereocenters. The fraction of sp³-hybridized carbons (Fsp3) is 0.846. The maximum Gasteiger partial charge on any atom is 0.309 e. The lowest BCUT2D eigenvalue weighted by Crippen LogP contribution is -2.45. The molecule has 1 aliphatic rings. The molecule has 6 nitrogen and oxygen atoms in total. The standard InChI is InChI=1S/C13H24N2O4/c1-19-8-7-14-12(17)13(18)15-9-11(16)10-5-3-2-4-6-10/h10-11,16H,2-9H2,1H3,(H,14,17)(H,15,18). The Hall–Kier alpha value is -1.14. The molecule has 110 valence electrons. The molecule has 0 heterocycles. The Balaban J connectivity index is 2.19. The highest BCUT2D eigenvalue weighted by Crippen LogP contribution is 2.26. The molecule has 0 spiro atoms. The number of nitrogens with one attached hydrogen (secondary N) is 2. The minimum Gasteiger partial charge on any atom is -0.391 e. The van der Waals surface area contributed by atoms with Crippen molar-refractivity contribution in [1.29, 1.82) is 0 Å². The van der Waals surface area contributed by atoms with E-state index in [2.05, 4.69) is 10.6 Å². The third-order valence-electron chi connectivity index (χ3n) is 3.46. The summed E-state index contributed by atoms with van der Waals surface area (Å²) in [6, 6.07) is 0. The van der Waals surface area contributed by atoms with Crippen molar-refractivity contribution in [2.24, 2.45) is 5.92 Å². The average Bonchev–Trinajstić information content (AvgIpc) is 2.45. The van der Waals surface area contributed by atoms with Crippen LogP contribution < -0.4 is 10.6 Å². The van der Waals surface area contributed by atoms with Gasteiger partial charge in [-0.15, -0.1) is 0 Å². The predicted octanol–water partition coefficient (Wildman–Crippen LogP) is -0.194. The number of carbonyl (C=O) groups excluding carboxylic acids is 2. The van der Waals surface area contributed by atoms with E-state index in [0.29, 0.717) is 13.2 Å². The molecule has 0 aliphatic heterocycles. The molecule has 2 amide bonds. The molecule has 0 radical (unpaired) electrons. The van der Waals surface area contributed by atoms with Crippen molar-refractivity contribution in [1.82, 2.24) is 10.6 Å². The van der Waals surface area contributed by atoms with E-state index < -0.39 is 17.9 Å². The molecule has 1 fully saturated rings. The highest BCUT2D eigenvalue weighted by molar-refractivity contribution is 6.35. The molecular formula is C13H24N2O4. The second-order valence-corrected chi connectivity index (χ2v) is 4.92. The smallest absolute Gasteiger partial charge is 0.309 e. The third-order valence-corrected chi connectivity index (χ3v) is 3.46. The van der Waals surface area contributed by atoms with Crippen molar-refractivity contribution >= 4 is 11.8 Å². The Labute approximate surface area is 113 Å². The first-order valence-corrected chi connectivity index (χ1v) is 6.88. The lowest BCUT2D eigenvalue weighted by Gasteiger charge is -2.26. The summed E-state index contributed by atoms with van der Waals surface area (Å²) in [6.45, 7) is 0.804. The Morgan fingerprint density at radius 3 is 2.47 bits per heavy atom. The van der Waals surface area contributed by atoms with E-state index in [0.717, 1.165) is 25.7 Å². The van der Waals surface area contributed by atoms with Crippen molar-refractivity contribution in [3.63, 3.8) is 0 Å². The first-order valence-electron chi connectivity index (χ1n) is 6.88. The minimum absolute atomic E-state index is 0.140. The van der Waals surface area contributed by atoms with Crippen molar-refractivity contribution in [3.8, 4) is 0 Å². The molecule has 0 saturated heterocycles. The van der Waals surface area contributed by atoms with E-state index in [1.54, 1.807) is 0 Å². The summed E-state index contributed by atoms with van der Waals surface area (Å²) in [5.41, 5.74) is 0. The number of hydrogen-bond donors (Lipinski definition) is 3. The highest BCUT2D eigenvalue weighted by Gasteiger charge is 2.23. The van der Waals surface area contributed by atoms with Crippen LogP contribution in [0.25, 0.3) is 0 Å². The molecule has 3 N–H and O–H groups in total. The average molecular weight is 272 g/mol. The number of methoxy groups -OCH3 is 1. The van der Waals surface area contributed by atoms with Gasteiger partial charge in [-0.2, -0.15) is 0 Å². The number of carbonyl (C=O) groups is 2. The van der Waals surface area contributed by atoms with Gasteiger partial charge in [0.2, 0.25) is 0 Å². The molecule has 1 aliphatic carbocycles. The van der Waals surface area contributed by atoms with Crippen LogP contribution >= 0.6 is 0 Å². The maximum absolute atomic E-state index is 11.4. The van der Waals surface area contributed by atoms with Gasteiger partial charge in [0.05, 0.1) is 12.7 Å². The van der Waals surface area contributed by atoms with E-state index in [1.807, 2.05) is 0 Å². The largest absolute Gasteiger partial charge is 0.391 e. The van der Waals surface area contributed by atoms with Crippen LogP contribution in [0.4, 0.5) is 0 Å². The predicted molar refractivity (Wildman–Crippen MR) is 70.5 cm³/mol. The van der Waals surface area contributed by atoms with Crippen LogP contribution in [0.5, 0.6) is 0 Å². The van der Waals surface area contributed by atoms with Gasteiger partial charge in [0.25, 0.3) is 0 Å². The summed E-state index contributed by atoms with van der Waals surface area (Å²) in [7, 11) is 1.52. The van der Waals surface area contributed by atoms with E-state index in [1.165, 1.54) is 13.5 Å². The molecule has 0 bridgehead atoms. The van der Waals surface area contributed by atoms with Gasteiger partial charge in [-0.05, 0) is 18.8 Å². The summed E-state index contributed by atoms with van der Waals surface area (Å²) >= 11 is 0. The molecule has 6 heteroatoms. The summed E-state index contributed by atoms with van der Waals surface area (Å²) in [5, 5.41) is 14.8. The van der Waals surface area contributed by atoms with Gasteiger partial charge < -0.3 is 20.5 Å². The first-order chi connectivity index (χ1) is 9.15. The van der Waals surface area contributed by atoms with Crippen molar-refractivity contribution in [2.45, 2.75) is 38.2 Å². The summed E-state index contributed by atoms with van der Waals surface area (Å²) in [6.07, 6.45) is 4.92. The second-order valence-electron chi connectivity index (χ2n) is 4.92. The molecular weight excluding hydrogens is 248 g/mol. The van der Waals surface area contributed by atoms with Crippen LogP contribution in [0.3, 0.4) is 0 Å². The van der Waals surface area contributed by atoms with Gasteiger partial charge in [0.15, 0.2) is 0 Å². The Morgan fingerprint density at radius 1 is 1.21 bits per heavy atom. The number of aliphatic hydroxyl groups is 1. The Bertz CT molecular complexity index is 290. The van der Waals surface area contributed by atoms with Crippen LogP contribution in [-0.4, -0.2) is 49.8 Å². The van der Waals surface area contributed by atoms with Crippen LogP contribution in [0, 0.1) is 5.92 Å². The van der Waals surface area contributed by atoms with E-state index in [9.17, 15) is 14.7 Å². The quantitative estimate of drug-likeness (QED) is 0.462. The van der Waals surface area contributed by atoms with Gasteiger partial charge in [0, 0.05) is 20.2 Å². The summed E-state index contributed by atoms with van der Waals surface area (Å²) < 4.78 is 4.76. The van der Waals surface area contributed by atoms with Crippen molar-refractivity contribution < 1.29 is 19.4 Å². The molecule has 1 rings (SSSR count). The maximum atomic E-state index is 11.4. The van der Waals surface area contributed by atoms with E-state index in [-0.39, 0.29) is 12.5 Å². The first kappa shape index (κ1) is 15.9. The van der Waals surface area contributed by atoms with Gasteiger partial charge in [-0.25, -0.2) is 0 Å². The number of hydrogen-bond acceptors (Lipinski definition) is 4. The fourth-order valence-corrected chi connectivity index (χ4v) is 2.31. The highest BCUT2D eigenvalue weighted by atomic mass is 16.5. The van der Waals surface area contributed by atoms with Crippen LogP contribution in [0.2, 0.25) is 0 Å². The summed E-state index contributed by atoms with van der Waals surface area (Å²) in [4.78, 5) is 22.8. The Morgan fingerprint density at radius 2 is 1.84 bits per heavy atom. The van der Waals surface area contributed by atoms with Gasteiger partial charge in [-0.1, -0.05) is 19.3 Å². The SMILES string of the molecule is COCCNC(=O)C(=O)NCC(O)C1CCCCC1. The van der Waals surface area contributed by atoms with E-state index >= 15 is 0 Å². The van der Waals surface area contributed by atoms with Crippen LogP contribution in [0.1, 0.15) is 32.1 Å². The van der Waals surface area contributed by atoms with E-state index in [4.69, 9.17) is 4.74 Å². The van der Waals surface area contributed by atoms with Crippen LogP contribution in [-0.2, 0) is 14.3 Å². The summed E-state index contributed by atoms with van der Waals surface area (Å²) in [5.74, 6) is -1.15. The molecule has 0 aromatic carbocycles. The monoisotopic (exact) mass is 272 g/mol. The molecule has 0 aromatic heterocycles. The topological polar surface area (TPSA) is 87.7 Å². The fourth-order valence-electron chi connectivity index (χ4n) is 2.31. The minimum atomic E-state index is -0.703. The molecule has 1 unspecified atom stereocenters. The number of ether oxygens (including phenoxy) is 1.